The van der Waals surface area contributed by atoms with Gasteiger partial charge in [-0.3, -0.25) is 9.80 Å². The number of amides is 1. The molecule has 1 heterocycles. The molecule has 7 heteroatoms. The zero-order valence-electron chi connectivity index (χ0n) is 23.0. The number of carbonyl (C=O) groups excluding carboxylic acids is 1. The third-order valence-corrected chi connectivity index (χ3v) is 6.36. The highest BCUT2D eigenvalue weighted by atomic mass is 35.5. The van der Waals surface area contributed by atoms with Crippen LogP contribution in [-0.2, 0) is 4.79 Å². The average molecular weight is 512 g/mol. The van der Waals surface area contributed by atoms with Gasteiger partial charge in [-0.15, -0.1) is 0 Å². The Morgan fingerprint density at radius 1 is 1.31 bits per heavy atom. The van der Waals surface area contributed by atoms with E-state index in [1.165, 1.54) is 0 Å². The third kappa shape index (κ3) is 9.64. The van der Waals surface area contributed by atoms with E-state index in [9.17, 15) is 4.79 Å². The summed E-state index contributed by atoms with van der Waals surface area (Å²) in [6.45, 7) is 11.7. The maximum absolute atomic E-state index is 13.4. The minimum absolute atomic E-state index is 0.136. The maximum atomic E-state index is 13.4. The van der Waals surface area contributed by atoms with Gasteiger partial charge in [-0.1, -0.05) is 61.4 Å². The first-order valence-electron chi connectivity index (χ1n) is 12.7. The van der Waals surface area contributed by atoms with Crippen LogP contribution in [0.15, 0.2) is 75.1 Å². The number of likely N-dealkylation sites (N-methyl/N-ethyl adjacent to an activating group) is 1. The van der Waals surface area contributed by atoms with Gasteiger partial charge >= 0.3 is 0 Å². The lowest BCUT2D eigenvalue weighted by molar-refractivity contribution is -0.126. The number of rotatable bonds is 9. The van der Waals surface area contributed by atoms with E-state index in [1.54, 1.807) is 30.3 Å². The minimum atomic E-state index is 0.136. The highest BCUT2D eigenvalue weighted by Gasteiger charge is 2.29. The van der Waals surface area contributed by atoms with E-state index in [1.807, 2.05) is 37.9 Å². The fraction of sp³-hybridized carbons (Fsp3) is 0.483. The summed E-state index contributed by atoms with van der Waals surface area (Å²) in [6, 6.07) is 2.49. The number of carbonyl (C=O) groups is 1. The predicted octanol–water partition coefficient (Wildman–Crippen LogP) is 6.18. The Hall–Kier alpha value is -2.88. The summed E-state index contributed by atoms with van der Waals surface area (Å²) in [7, 11) is 4.14. The second kappa shape index (κ2) is 16.7. The predicted molar refractivity (Wildman–Crippen MR) is 152 cm³/mol. The molecule has 1 aliphatic heterocycles. The molecule has 1 amide bonds. The number of hydrazone groups is 1. The number of hydrogen-bond acceptors (Lipinski definition) is 5. The summed E-state index contributed by atoms with van der Waals surface area (Å²) in [6.07, 6.45) is 17.6. The molecule has 0 bridgehead atoms. The fourth-order valence-corrected chi connectivity index (χ4v) is 4.11. The van der Waals surface area contributed by atoms with Crippen LogP contribution in [0.2, 0.25) is 0 Å². The second-order valence-electron chi connectivity index (χ2n) is 8.60. The molecule has 1 atom stereocenters. The number of likely N-dealkylation sites (tertiary alicyclic amines) is 1. The van der Waals surface area contributed by atoms with E-state index in [-0.39, 0.29) is 5.91 Å². The fourth-order valence-electron chi connectivity index (χ4n) is 3.88. The Kier molecular flexibility index (Phi) is 14.5. The monoisotopic (exact) mass is 511 g/mol. The Labute approximate surface area is 223 Å². The molecule has 6 nitrogen and oxygen atoms in total. The lowest BCUT2D eigenvalue weighted by Gasteiger charge is -2.22. The van der Waals surface area contributed by atoms with Crippen molar-refractivity contribution in [3.63, 3.8) is 0 Å². The Bertz CT molecular complexity index is 992. The molecule has 1 aliphatic carbocycles. The summed E-state index contributed by atoms with van der Waals surface area (Å²) in [5, 5.41) is 15.6. The molecule has 0 spiro atoms. The van der Waals surface area contributed by atoms with Crippen LogP contribution < -0.4 is 0 Å². The summed E-state index contributed by atoms with van der Waals surface area (Å²) in [4.78, 5) is 17.6. The van der Waals surface area contributed by atoms with Crippen LogP contribution in [0.5, 0.6) is 0 Å². The highest BCUT2D eigenvalue weighted by molar-refractivity contribution is 6.32. The molecule has 1 unspecified atom stereocenters. The van der Waals surface area contributed by atoms with Gasteiger partial charge in [-0.05, 0) is 65.8 Å². The van der Waals surface area contributed by atoms with E-state index >= 15 is 0 Å². The number of allylic oxidation sites excluding steroid dienone is 9. The molecular formula is C29H42ClN5O. The van der Waals surface area contributed by atoms with Crippen LogP contribution in [0, 0.1) is 11.3 Å². The third-order valence-electron chi connectivity index (χ3n) is 6.01. The molecule has 2 rings (SSSR count). The lowest BCUT2D eigenvalue weighted by atomic mass is 10.0. The van der Waals surface area contributed by atoms with Crippen molar-refractivity contribution in [2.75, 3.05) is 33.7 Å². The minimum Gasteiger partial charge on any atom is -0.337 e. The van der Waals surface area contributed by atoms with E-state index in [0.717, 1.165) is 36.2 Å². The van der Waals surface area contributed by atoms with Gasteiger partial charge in [0.15, 0.2) is 0 Å². The van der Waals surface area contributed by atoms with E-state index < -0.39 is 0 Å². The standard InChI is InChI=1S/C27H36ClN5O.C2H6/c1-6-22(19-29)26(28)15-18-33(30-7-2)16-8-9-23-12-10-21(3)11-13-25(23)27(34)32-17-14-24(20-32)31(4)5;1-2/h6-8,10-12,15-16,24H,9,13-14,17-18,20H2,1-5H3;1-2H3/b16-8+,22-6-,26-15+,30-7-;. The van der Waals surface area contributed by atoms with Gasteiger partial charge in [0.05, 0.1) is 17.2 Å². The van der Waals surface area contributed by atoms with Gasteiger partial charge < -0.3 is 9.80 Å². The lowest BCUT2D eigenvalue weighted by Crippen LogP contribution is -2.35. The van der Waals surface area contributed by atoms with Gasteiger partial charge in [-0.2, -0.15) is 10.4 Å². The van der Waals surface area contributed by atoms with Crippen molar-refractivity contribution < 1.29 is 4.79 Å². The zero-order chi connectivity index (χ0) is 27.1. The van der Waals surface area contributed by atoms with Crippen LogP contribution >= 0.6 is 11.6 Å². The molecule has 0 aromatic rings. The molecule has 0 aromatic carbocycles. The highest BCUT2D eigenvalue weighted by Crippen LogP contribution is 2.25. The van der Waals surface area contributed by atoms with Crippen molar-refractivity contribution in [1.82, 2.24) is 14.8 Å². The summed E-state index contributed by atoms with van der Waals surface area (Å²) >= 11 is 6.22. The van der Waals surface area contributed by atoms with Crippen LogP contribution in [0.1, 0.15) is 53.9 Å². The van der Waals surface area contributed by atoms with Crippen molar-refractivity contribution in [1.29, 1.82) is 5.26 Å². The molecule has 0 saturated carbocycles. The zero-order valence-corrected chi connectivity index (χ0v) is 23.7. The molecule has 196 valence electrons. The van der Waals surface area contributed by atoms with Gasteiger partial charge in [-0.25, -0.2) is 0 Å². The van der Waals surface area contributed by atoms with Crippen molar-refractivity contribution in [2.45, 2.75) is 59.9 Å². The quantitative estimate of drug-likeness (QED) is 0.160. The van der Waals surface area contributed by atoms with E-state index in [0.29, 0.717) is 36.0 Å². The smallest absolute Gasteiger partial charge is 0.250 e. The largest absolute Gasteiger partial charge is 0.337 e. The number of halogens is 1. The first-order chi connectivity index (χ1) is 17.3. The molecule has 1 fully saturated rings. The van der Waals surface area contributed by atoms with Crippen molar-refractivity contribution in [2.24, 2.45) is 5.10 Å². The topological polar surface area (TPSA) is 62.9 Å². The van der Waals surface area contributed by atoms with Crippen molar-refractivity contribution in [3.8, 4) is 6.07 Å². The van der Waals surface area contributed by atoms with Crippen molar-refractivity contribution in [3.05, 3.63) is 70.0 Å². The Morgan fingerprint density at radius 3 is 2.61 bits per heavy atom. The first kappa shape index (κ1) is 31.2. The van der Waals surface area contributed by atoms with E-state index in [2.05, 4.69) is 55.3 Å². The van der Waals surface area contributed by atoms with Gasteiger partial charge in [0.1, 0.15) is 6.07 Å². The van der Waals surface area contributed by atoms with Crippen molar-refractivity contribution >= 4 is 23.7 Å². The molecule has 1 saturated heterocycles. The van der Waals surface area contributed by atoms with Crippen LogP contribution in [0.4, 0.5) is 0 Å². The normalized spacial score (nSPS) is 18.9. The number of hydrogen-bond donors (Lipinski definition) is 0. The number of nitriles is 1. The summed E-state index contributed by atoms with van der Waals surface area (Å²) in [5.41, 5.74) is 3.48. The van der Waals surface area contributed by atoms with E-state index in [4.69, 9.17) is 16.9 Å². The van der Waals surface area contributed by atoms with Gasteiger partial charge in [0.25, 0.3) is 0 Å². The maximum Gasteiger partial charge on any atom is 0.250 e. The molecule has 0 aromatic heterocycles. The molecule has 36 heavy (non-hydrogen) atoms. The molecule has 0 N–H and O–H groups in total. The summed E-state index contributed by atoms with van der Waals surface area (Å²) in [5.74, 6) is 0.136. The Balaban J connectivity index is 0.00000316. The van der Waals surface area contributed by atoms with Crippen LogP contribution in [0.25, 0.3) is 0 Å². The van der Waals surface area contributed by atoms with Gasteiger partial charge in [0.2, 0.25) is 5.91 Å². The number of nitrogens with zero attached hydrogens (tertiary/aromatic N) is 5. The van der Waals surface area contributed by atoms with Crippen LogP contribution in [0.3, 0.4) is 0 Å². The molecular weight excluding hydrogens is 470 g/mol. The average Bonchev–Trinajstić information content (AvgIpc) is 3.30. The Morgan fingerprint density at radius 2 is 2.03 bits per heavy atom. The molecule has 0 radical (unpaired) electrons. The molecule has 2 aliphatic rings. The van der Waals surface area contributed by atoms with Crippen LogP contribution in [-0.4, -0.2) is 66.7 Å². The summed E-state index contributed by atoms with van der Waals surface area (Å²) < 4.78 is 0. The second-order valence-corrected chi connectivity index (χ2v) is 9.00. The SMILES string of the molecule is C/C=N\N(/C=C/CC1=C(C(=O)N2CCC(N(C)C)C2)CC=C(C)C=C1)C/C=C(Cl)\C(C#N)=C/C.CC. The van der Waals surface area contributed by atoms with Gasteiger partial charge in [0, 0.05) is 37.1 Å². The first-order valence-corrected chi connectivity index (χ1v) is 13.0.